The second-order valence-electron chi connectivity index (χ2n) is 4.90. The zero-order chi connectivity index (χ0) is 11.8. The van der Waals surface area contributed by atoms with Crippen molar-refractivity contribution in [3.8, 4) is 0 Å². The van der Waals surface area contributed by atoms with Crippen LogP contribution in [0, 0.1) is 0 Å². The number of hydrogen-bond donors (Lipinski definition) is 2. The number of anilines is 1. The third kappa shape index (κ3) is 1.89. The molecule has 90 valence electrons. The number of nitrogens with two attached hydrogens (primary N) is 1. The van der Waals surface area contributed by atoms with Gasteiger partial charge in [0.2, 0.25) is 0 Å². The first-order valence-corrected chi connectivity index (χ1v) is 6.17. The van der Waals surface area contributed by atoms with Gasteiger partial charge in [0.1, 0.15) is 0 Å². The second-order valence-corrected chi connectivity index (χ2v) is 4.90. The minimum atomic E-state index is 0.287. The molecule has 0 aliphatic heterocycles. The highest BCUT2D eigenvalue weighted by atomic mass is 15.0. The van der Waals surface area contributed by atoms with E-state index in [1.165, 1.54) is 12.8 Å². The first kappa shape index (κ1) is 10.6. The highest BCUT2D eigenvalue weighted by Gasteiger charge is 2.23. The zero-order valence-corrected chi connectivity index (χ0v) is 10.1. The Bertz CT molecular complexity index is 531. The summed E-state index contributed by atoms with van der Waals surface area (Å²) in [5.74, 6) is 0. The Morgan fingerprint density at radius 1 is 1.41 bits per heavy atom. The molecule has 1 heterocycles. The number of aromatic nitrogens is 2. The van der Waals surface area contributed by atoms with Gasteiger partial charge in [-0.2, -0.15) is 0 Å². The van der Waals surface area contributed by atoms with E-state index in [1.807, 2.05) is 17.9 Å². The molecule has 0 spiro atoms. The average Bonchev–Trinajstić information content (AvgIpc) is 2.87. The molecule has 2 aromatic rings. The van der Waals surface area contributed by atoms with Crippen LogP contribution in [0.25, 0.3) is 11.0 Å². The maximum absolute atomic E-state index is 6.06. The topological polar surface area (TPSA) is 55.9 Å². The molecule has 0 bridgehead atoms. The SMILES string of the molecule is Cn1cnc2cc(NC3CCCC3N)ccc21. The Morgan fingerprint density at radius 2 is 2.29 bits per heavy atom. The summed E-state index contributed by atoms with van der Waals surface area (Å²) in [6, 6.07) is 7.01. The standard InChI is InChI=1S/C13H18N4/c1-17-8-15-12-7-9(5-6-13(12)17)16-11-4-2-3-10(11)14/h5-8,10-11,16H,2-4,14H2,1H3. The highest BCUT2D eigenvalue weighted by Crippen LogP contribution is 2.23. The van der Waals surface area contributed by atoms with Crippen LogP contribution in [0.3, 0.4) is 0 Å². The van der Waals surface area contributed by atoms with Gasteiger partial charge < -0.3 is 15.6 Å². The molecular weight excluding hydrogens is 212 g/mol. The third-order valence-electron chi connectivity index (χ3n) is 3.65. The van der Waals surface area contributed by atoms with Crippen molar-refractivity contribution in [2.24, 2.45) is 12.8 Å². The number of aryl methyl sites for hydroxylation is 1. The van der Waals surface area contributed by atoms with Crippen molar-refractivity contribution in [2.45, 2.75) is 31.3 Å². The van der Waals surface area contributed by atoms with Gasteiger partial charge in [-0.1, -0.05) is 0 Å². The van der Waals surface area contributed by atoms with Gasteiger partial charge in [-0.15, -0.1) is 0 Å². The Kier molecular flexibility index (Phi) is 2.52. The summed E-state index contributed by atoms with van der Waals surface area (Å²) in [4.78, 5) is 4.36. The van der Waals surface area contributed by atoms with Crippen LogP contribution in [-0.4, -0.2) is 21.6 Å². The Labute approximate surface area is 101 Å². The van der Waals surface area contributed by atoms with Crippen LogP contribution in [0.15, 0.2) is 24.5 Å². The summed E-state index contributed by atoms with van der Waals surface area (Å²) in [6.45, 7) is 0. The Balaban J connectivity index is 1.85. The van der Waals surface area contributed by atoms with E-state index in [1.54, 1.807) is 0 Å². The molecular formula is C13H18N4. The van der Waals surface area contributed by atoms with Crippen molar-refractivity contribution in [3.05, 3.63) is 24.5 Å². The fourth-order valence-corrected chi connectivity index (χ4v) is 2.61. The highest BCUT2D eigenvalue weighted by molar-refractivity contribution is 5.79. The van der Waals surface area contributed by atoms with E-state index in [9.17, 15) is 0 Å². The summed E-state index contributed by atoms with van der Waals surface area (Å²) < 4.78 is 2.03. The summed E-state index contributed by atoms with van der Waals surface area (Å²) in [6.07, 6.45) is 5.37. The van der Waals surface area contributed by atoms with Gasteiger partial charge in [-0.3, -0.25) is 0 Å². The lowest BCUT2D eigenvalue weighted by atomic mass is 10.1. The Hall–Kier alpha value is -1.55. The maximum Gasteiger partial charge on any atom is 0.0955 e. The molecule has 4 nitrogen and oxygen atoms in total. The van der Waals surface area contributed by atoms with Crippen LogP contribution >= 0.6 is 0 Å². The van der Waals surface area contributed by atoms with E-state index < -0.39 is 0 Å². The molecule has 0 saturated heterocycles. The largest absolute Gasteiger partial charge is 0.381 e. The van der Waals surface area contributed by atoms with Gasteiger partial charge in [0.15, 0.2) is 0 Å². The quantitative estimate of drug-likeness (QED) is 0.828. The summed E-state index contributed by atoms with van der Waals surface area (Å²) in [5.41, 5.74) is 9.38. The second kappa shape index (κ2) is 4.04. The Morgan fingerprint density at radius 3 is 3.06 bits per heavy atom. The van der Waals surface area contributed by atoms with E-state index in [2.05, 4.69) is 28.5 Å². The number of rotatable bonds is 2. The maximum atomic E-state index is 6.06. The van der Waals surface area contributed by atoms with Crippen LogP contribution < -0.4 is 11.1 Å². The van der Waals surface area contributed by atoms with E-state index in [0.29, 0.717) is 6.04 Å². The third-order valence-corrected chi connectivity index (χ3v) is 3.65. The van der Waals surface area contributed by atoms with Crippen molar-refractivity contribution in [1.29, 1.82) is 0 Å². The number of hydrogen-bond acceptors (Lipinski definition) is 3. The smallest absolute Gasteiger partial charge is 0.0955 e. The van der Waals surface area contributed by atoms with E-state index >= 15 is 0 Å². The number of nitrogens with one attached hydrogen (secondary N) is 1. The van der Waals surface area contributed by atoms with Crippen LogP contribution in [0.5, 0.6) is 0 Å². The lowest BCUT2D eigenvalue weighted by Crippen LogP contribution is -2.35. The number of imidazole rings is 1. The molecule has 0 amide bonds. The van der Waals surface area contributed by atoms with Crippen molar-refractivity contribution in [1.82, 2.24) is 9.55 Å². The van der Waals surface area contributed by atoms with E-state index in [4.69, 9.17) is 5.73 Å². The van der Waals surface area contributed by atoms with Gasteiger partial charge in [-0.05, 0) is 37.5 Å². The number of benzene rings is 1. The molecule has 0 radical (unpaired) electrons. The van der Waals surface area contributed by atoms with Gasteiger partial charge in [0, 0.05) is 24.8 Å². The van der Waals surface area contributed by atoms with Crippen LogP contribution in [0.4, 0.5) is 5.69 Å². The van der Waals surface area contributed by atoms with Crippen molar-refractivity contribution in [3.63, 3.8) is 0 Å². The fourth-order valence-electron chi connectivity index (χ4n) is 2.61. The normalized spacial score (nSPS) is 24.4. The van der Waals surface area contributed by atoms with E-state index in [0.717, 1.165) is 23.1 Å². The first-order chi connectivity index (χ1) is 8.24. The van der Waals surface area contributed by atoms with Gasteiger partial charge >= 0.3 is 0 Å². The van der Waals surface area contributed by atoms with Crippen molar-refractivity contribution in [2.75, 3.05) is 5.32 Å². The minimum absolute atomic E-state index is 0.287. The molecule has 1 aromatic carbocycles. The molecule has 2 unspecified atom stereocenters. The molecule has 1 aliphatic carbocycles. The molecule has 2 atom stereocenters. The molecule has 1 saturated carbocycles. The average molecular weight is 230 g/mol. The lowest BCUT2D eigenvalue weighted by Gasteiger charge is -2.18. The number of fused-ring (bicyclic) bond motifs is 1. The van der Waals surface area contributed by atoms with Crippen LogP contribution in [0.2, 0.25) is 0 Å². The van der Waals surface area contributed by atoms with Crippen LogP contribution in [0.1, 0.15) is 19.3 Å². The molecule has 3 rings (SSSR count). The minimum Gasteiger partial charge on any atom is -0.381 e. The lowest BCUT2D eigenvalue weighted by molar-refractivity contribution is 0.638. The number of nitrogens with zero attached hydrogens (tertiary/aromatic N) is 2. The van der Waals surface area contributed by atoms with E-state index in [-0.39, 0.29) is 6.04 Å². The molecule has 1 aliphatic rings. The van der Waals surface area contributed by atoms with Gasteiger partial charge in [0.25, 0.3) is 0 Å². The summed E-state index contributed by atoms with van der Waals surface area (Å²) >= 11 is 0. The monoisotopic (exact) mass is 230 g/mol. The zero-order valence-electron chi connectivity index (χ0n) is 10.1. The predicted molar refractivity (Wildman–Crippen MR) is 70.0 cm³/mol. The molecule has 4 heteroatoms. The van der Waals surface area contributed by atoms with Crippen LogP contribution in [-0.2, 0) is 7.05 Å². The first-order valence-electron chi connectivity index (χ1n) is 6.17. The predicted octanol–water partition coefficient (Wildman–Crippen LogP) is 1.86. The van der Waals surface area contributed by atoms with Gasteiger partial charge in [0.05, 0.1) is 17.4 Å². The molecule has 17 heavy (non-hydrogen) atoms. The summed E-state index contributed by atoms with van der Waals surface area (Å²) in [7, 11) is 2.01. The van der Waals surface area contributed by atoms with Gasteiger partial charge in [-0.25, -0.2) is 4.98 Å². The molecule has 3 N–H and O–H groups in total. The molecule has 1 aromatic heterocycles. The molecule has 1 fully saturated rings. The van der Waals surface area contributed by atoms with Crippen molar-refractivity contribution < 1.29 is 0 Å². The van der Waals surface area contributed by atoms with Crippen molar-refractivity contribution >= 4 is 16.7 Å². The summed E-state index contributed by atoms with van der Waals surface area (Å²) in [5, 5.41) is 3.52. The fraction of sp³-hybridized carbons (Fsp3) is 0.462.